The summed E-state index contributed by atoms with van der Waals surface area (Å²) in [6, 6.07) is 0. The van der Waals surface area contributed by atoms with Crippen LogP contribution in [0.15, 0.2) is 24.3 Å². The van der Waals surface area contributed by atoms with Crippen LogP contribution in [0, 0.1) is 24.3 Å². The first-order valence-electron chi connectivity index (χ1n) is 6.34. The molecule has 0 aromatic heterocycles. The van der Waals surface area contributed by atoms with E-state index in [2.05, 4.69) is 9.47 Å². The molecule has 0 saturated carbocycles. The average molecular weight is 566 g/mol. The van der Waals surface area contributed by atoms with Crippen molar-refractivity contribution in [1.29, 1.82) is 0 Å². The van der Waals surface area contributed by atoms with Gasteiger partial charge in [0.2, 0.25) is 23.9 Å². The van der Waals surface area contributed by atoms with Gasteiger partial charge in [0, 0.05) is 65.4 Å². The molecular weight excluding hydrogens is 550 g/mol. The molecule has 0 amide bonds. The van der Waals surface area contributed by atoms with Gasteiger partial charge in [-0.15, -0.1) is 0 Å². The Hall–Kier alpha value is -1.11. The number of aliphatic hydroxyl groups is 4. The third-order valence-electron chi connectivity index (χ3n) is 1.37. The molecule has 0 aliphatic heterocycles. The van der Waals surface area contributed by atoms with Gasteiger partial charge < -0.3 is 64.4 Å². The van der Waals surface area contributed by atoms with E-state index in [9.17, 15) is 19.2 Å². The first-order valence-corrected chi connectivity index (χ1v) is 6.34. The number of hydrogen-bond acceptors (Lipinski definition) is 10. The molecule has 0 spiro atoms. The van der Waals surface area contributed by atoms with E-state index in [1.165, 1.54) is 0 Å². The average Bonchev–Trinajstić information content (AvgIpc) is 2.57. The van der Waals surface area contributed by atoms with Crippen LogP contribution in [0.5, 0.6) is 0 Å². The van der Waals surface area contributed by atoms with Crippen LogP contribution in [0.25, 0.3) is 0 Å². The van der Waals surface area contributed by atoms with Gasteiger partial charge in [-0.05, 0) is 0 Å². The Morgan fingerprint density at radius 3 is 1.07 bits per heavy atom. The van der Waals surface area contributed by atoms with Gasteiger partial charge in [-0.25, -0.2) is 0 Å². The Kier molecular flexibility index (Phi) is 41.9. The Balaban J connectivity index is -0.000000113. The molecule has 0 unspecified atom stereocenters. The number of esters is 2. The molecule has 0 rings (SSSR count). The summed E-state index contributed by atoms with van der Waals surface area (Å²) in [5.74, 6) is -4.24. The fraction of sp³-hybridized carbons (Fsp3) is 0.200. The van der Waals surface area contributed by atoms with Crippen LogP contribution in [0.4, 0.5) is 0 Å². The standard InChI is InChI=1S/C8H8O6.C6H4O4.CH4O2.2Y/c9-5-13-7(11)3-1-2-4-8(12)14-6-10;7-5(8)3-1-2-4-6(9)10;2-1-3;;/h1-2,9-10H,5-6H2;1-2H,(H,7,8)(H,9,10);2-3H,1H2;;/q2*-2;;;. The van der Waals surface area contributed by atoms with Crippen LogP contribution < -0.4 is 0 Å². The van der Waals surface area contributed by atoms with Crippen molar-refractivity contribution in [1.82, 2.24) is 0 Å². The third-order valence-corrected chi connectivity index (χ3v) is 1.37. The summed E-state index contributed by atoms with van der Waals surface area (Å²) in [6.07, 6.45) is 11.7. The van der Waals surface area contributed by atoms with Crippen molar-refractivity contribution in [3.05, 3.63) is 48.6 Å². The van der Waals surface area contributed by atoms with Crippen molar-refractivity contribution in [2.75, 3.05) is 20.4 Å². The minimum atomic E-state index is -1.25. The zero-order valence-corrected chi connectivity index (χ0v) is 20.4. The summed E-state index contributed by atoms with van der Waals surface area (Å²) < 4.78 is 8.13. The quantitative estimate of drug-likeness (QED) is 0.0592. The van der Waals surface area contributed by atoms with Crippen LogP contribution in [0.2, 0.25) is 0 Å². The second kappa shape index (κ2) is 31.6. The van der Waals surface area contributed by atoms with Gasteiger partial charge in [-0.3, -0.25) is 43.5 Å². The second-order valence-corrected chi connectivity index (χ2v) is 3.12. The molecule has 14 heteroatoms. The molecule has 0 aliphatic carbocycles. The summed E-state index contributed by atoms with van der Waals surface area (Å²) in [6.45, 7) is -2.22. The van der Waals surface area contributed by atoms with E-state index in [4.69, 9.17) is 30.6 Å². The van der Waals surface area contributed by atoms with E-state index in [0.717, 1.165) is 24.3 Å². The summed E-state index contributed by atoms with van der Waals surface area (Å²) in [5, 5.41) is 46.4. The number of aliphatic hydroxyl groups excluding tert-OH is 3. The number of rotatable bonds is 8. The predicted molar refractivity (Wildman–Crippen MR) is 82.2 cm³/mol. The van der Waals surface area contributed by atoms with Gasteiger partial charge >= 0.3 is 0 Å². The van der Waals surface area contributed by atoms with Crippen LogP contribution in [0.1, 0.15) is 0 Å². The molecule has 6 N–H and O–H groups in total. The van der Waals surface area contributed by atoms with Gasteiger partial charge in [0.05, 0.1) is 0 Å². The van der Waals surface area contributed by atoms with Crippen molar-refractivity contribution in [2.45, 2.75) is 0 Å². The zero-order chi connectivity index (χ0) is 21.5. The van der Waals surface area contributed by atoms with E-state index in [0.29, 0.717) is 0 Å². The Morgan fingerprint density at radius 1 is 0.621 bits per heavy atom. The van der Waals surface area contributed by atoms with Crippen molar-refractivity contribution >= 4 is 23.9 Å². The van der Waals surface area contributed by atoms with E-state index in [-0.39, 0.29) is 65.4 Å². The van der Waals surface area contributed by atoms with E-state index in [1.807, 2.05) is 24.3 Å². The SMILES string of the molecule is O=C(O)[C-]=CC=[C-]C(=O)O.O=C([C-]=CC=[C-]C(=O)OCO)OCO.OCO.[Y].[Y]. The molecular formula is C15H16O12Y2-4. The molecule has 0 bridgehead atoms. The zero-order valence-electron chi connectivity index (χ0n) is 14.7. The predicted octanol–water partition coefficient (Wildman–Crippen LogP) is -2.51. The normalized spacial score (nSPS) is 9.52. The molecule has 0 aromatic rings. The molecule has 0 heterocycles. The van der Waals surface area contributed by atoms with Gasteiger partial charge in [-0.1, -0.05) is 0 Å². The number of carboxylic acid groups (broad SMARTS) is 2. The van der Waals surface area contributed by atoms with Gasteiger partial charge in [0.1, 0.15) is 6.79 Å². The van der Waals surface area contributed by atoms with Gasteiger partial charge in [-0.2, -0.15) is 0 Å². The van der Waals surface area contributed by atoms with Crippen molar-refractivity contribution < 1.29 is 125 Å². The van der Waals surface area contributed by atoms with E-state index < -0.39 is 44.3 Å². The molecule has 12 nitrogen and oxygen atoms in total. The van der Waals surface area contributed by atoms with Crippen LogP contribution in [0.3, 0.4) is 0 Å². The minimum Gasteiger partial charge on any atom is -0.493 e. The van der Waals surface area contributed by atoms with Gasteiger partial charge in [0.15, 0.2) is 13.6 Å². The number of allylic oxidation sites excluding steroid dienone is 4. The molecule has 0 aromatic carbocycles. The van der Waals surface area contributed by atoms with Crippen LogP contribution >= 0.6 is 0 Å². The first kappa shape index (κ1) is 38.5. The number of aliphatic carboxylic acids is 2. The fourth-order valence-electron chi connectivity index (χ4n) is 0.646. The van der Waals surface area contributed by atoms with Crippen molar-refractivity contribution in [3.8, 4) is 0 Å². The maximum absolute atomic E-state index is 10.5. The Labute approximate surface area is 216 Å². The van der Waals surface area contributed by atoms with Crippen molar-refractivity contribution in [2.24, 2.45) is 0 Å². The summed E-state index contributed by atoms with van der Waals surface area (Å²) in [7, 11) is 0. The summed E-state index contributed by atoms with van der Waals surface area (Å²) in [5.41, 5.74) is 0. The largest absolute Gasteiger partial charge is 0.493 e. The maximum Gasteiger partial charge on any atom is 0.221 e. The van der Waals surface area contributed by atoms with Crippen molar-refractivity contribution in [3.63, 3.8) is 0 Å². The molecule has 0 fully saturated rings. The van der Waals surface area contributed by atoms with Crippen LogP contribution in [-0.2, 0) is 94.1 Å². The first-order chi connectivity index (χ1) is 12.7. The smallest absolute Gasteiger partial charge is 0.221 e. The molecule has 0 saturated heterocycles. The summed E-state index contributed by atoms with van der Waals surface area (Å²) >= 11 is 0. The summed E-state index contributed by atoms with van der Waals surface area (Å²) in [4.78, 5) is 40.4. The van der Waals surface area contributed by atoms with Crippen LogP contribution in [-0.4, -0.2) is 74.9 Å². The molecule has 158 valence electrons. The van der Waals surface area contributed by atoms with E-state index in [1.54, 1.807) is 0 Å². The Bertz CT molecular complexity index is 508. The number of hydrogen-bond donors (Lipinski definition) is 6. The molecule has 2 radical (unpaired) electrons. The maximum atomic E-state index is 10.5. The van der Waals surface area contributed by atoms with E-state index >= 15 is 0 Å². The number of ether oxygens (including phenoxy) is 2. The molecule has 0 aliphatic rings. The number of carboxylic acids is 2. The monoisotopic (exact) mass is 566 g/mol. The minimum absolute atomic E-state index is 0. The number of carbonyl (C=O) groups is 4. The topological polar surface area (TPSA) is 208 Å². The number of carbonyl (C=O) groups excluding carboxylic acids is 2. The fourth-order valence-corrected chi connectivity index (χ4v) is 0.646. The molecule has 0 atom stereocenters. The van der Waals surface area contributed by atoms with Gasteiger partial charge in [0.25, 0.3) is 0 Å². The molecule has 29 heavy (non-hydrogen) atoms. The second-order valence-electron chi connectivity index (χ2n) is 3.12. The Morgan fingerprint density at radius 2 is 0.862 bits per heavy atom. The third kappa shape index (κ3) is 46.7.